The van der Waals surface area contributed by atoms with Gasteiger partial charge in [-0.1, -0.05) is 0 Å². The Morgan fingerprint density at radius 3 is 2.45 bits per heavy atom. The van der Waals surface area contributed by atoms with E-state index in [9.17, 15) is 0 Å². The van der Waals surface area contributed by atoms with Gasteiger partial charge in [-0.15, -0.1) is 0 Å². The number of hydrogen-bond donors (Lipinski definition) is 0. The third-order valence-corrected chi connectivity index (χ3v) is 14.6. The fourth-order valence-corrected chi connectivity index (χ4v) is 14.1. The van der Waals surface area contributed by atoms with Gasteiger partial charge in [-0.3, -0.25) is 0 Å². The fraction of sp³-hybridized carbons (Fsp3) is 0. The Labute approximate surface area is 148 Å². The van der Waals surface area contributed by atoms with Gasteiger partial charge in [0, 0.05) is 0 Å². The van der Waals surface area contributed by atoms with E-state index in [1.165, 1.54) is 10.8 Å². The van der Waals surface area contributed by atoms with Gasteiger partial charge < -0.3 is 0 Å². The first-order chi connectivity index (χ1) is 10.9. The van der Waals surface area contributed by atoms with Crippen molar-refractivity contribution in [3.05, 3.63) is 24.3 Å². The molecule has 0 bridgehead atoms. The topological polar surface area (TPSA) is 0 Å². The second-order valence-electron chi connectivity index (χ2n) is 6.15. The van der Waals surface area contributed by atoms with Crippen LogP contribution in [0.5, 0.6) is 0 Å². The maximum absolute atomic E-state index is 2.55. The molecule has 7 aromatic rings. The van der Waals surface area contributed by atoms with E-state index in [0.29, 0.717) is 29.5 Å². The molecule has 0 N–H and O–H groups in total. The van der Waals surface area contributed by atoms with Crippen LogP contribution in [0.2, 0.25) is 0 Å². The number of fused-ring (bicyclic) bond motifs is 11. The van der Waals surface area contributed by atoms with E-state index in [4.69, 9.17) is 0 Å². The van der Waals surface area contributed by atoms with Gasteiger partial charge in [-0.05, 0) is 0 Å². The number of hydrogen-bond acceptors (Lipinski definition) is 0. The molecule has 0 fully saturated rings. The molecular weight excluding hydrogens is 532 g/mol. The number of benzene rings is 4. The van der Waals surface area contributed by atoms with Crippen LogP contribution in [0.4, 0.5) is 0 Å². The summed E-state index contributed by atoms with van der Waals surface area (Å²) >= 11 is 2.77. The normalized spacial score (nSPS) is 15.1. The van der Waals surface area contributed by atoms with Crippen molar-refractivity contribution in [3.8, 4) is 0 Å². The van der Waals surface area contributed by atoms with Crippen LogP contribution in [0, 0.1) is 0 Å². The molecule has 4 heterocycles. The third-order valence-electron chi connectivity index (χ3n) is 5.02. The Bertz CT molecular complexity index is 1540. The van der Waals surface area contributed by atoms with E-state index in [1.54, 1.807) is 51.8 Å². The van der Waals surface area contributed by atoms with Crippen LogP contribution in [-0.2, 0) is 0 Å². The first-order valence-electron chi connectivity index (χ1n) is 7.20. The summed E-state index contributed by atoms with van der Waals surface area (Å²) in [4.78, 5) is 0. The zero-order valence-electron chi connectivity index (χ0n) is 10.9. The molecule has 1 aliphatic heterocycles. The first kappa shape index (κ1) is 11.3. The van der Waals surface area contributed by atoms with Gasteiger partial charge in [-0.2, -0.15) is 0 Å². The van der Waals surface area contributed by atoms with Crippen molar-refractivity contribution in [2.24, 2.45) is 0 Å². The van der Waals surface area contributed by atoms with Crippen molar-refractivity contribution in [1.29, 1.82) is 0 Å². The zero-order chi connectivity index (χ0) is 13.7. The Hall–Kier alpha value is -0.262. The third kappa shape index (κ3) is 1.12. The van der Waals surface area contributed by atoms with E-state index < -0.39 is 0 Å². The van der Waals surface area contributed by atoms with Gasteiger partial charge in [0.2, 0.25) is 0 Å². The standard InChI is InChI=1S/C18H4Se4/c1-2-8-13(19-8)9-5(1)3-6-4-7-11(15-10(6)14(9)21-15)16-18(22-16)17-12(7)20-17/h1-4H. The molecule has 22 heavy (non-hydrogen) atoms. The monoisotopic (exact) mass is 540 g/mol. The summed E-state index contributed by atoms with van der Waals surface area (Å²) in [5.41, 5.74) is 0. The van der Waals surface area contributed by atoms with Crippen LogP contribution in [0.1, 0.15) is 0 Å². The average Bonchev–Trinajstić information content (AvgIpc) is 3.32. The molecule has 0 unspecified atom stereocenters. The van der Waals surface area contributed by atoms with Crippen molar-refractivity contribution < 1.29 is 0 Å². The van der Waals surface area contributed by atoms with Crippen LogP contribution in [0.3, 0.4) is 0 Å². The van der Waals surface area contributed by atoms with Crippen molar-refractivity contribution >= 4 is 125 Å². The fourth-order valence-electron chi connectivity index (χ4n) is 3.88. The van der Waals surface area contributed by atoms with Gasteiger partial charge in [0.1, 0.15) is 0 Å². The molecule has 0 aliphatic carbocycles. The average molecular weight is 536 g/mol. The van der Waals surface area contributed by atoms with Crippen LogP contribution < -0.4 is 8.92 Å². The molecule has 0 nitrogen and oxygen atoms in total. The second-order valence-corrected chi connectivity index (χ2v) is 14.8. The molecule has 0 saturated carbocycles. The van der Waals surface area contributed by atoms with Gasteiger partial charge in [0.05, 0.1) is 0 Å². The molecule has 3 aromatic heterocycles. The summed E-state index contributed by atoms with van der Waals surface area (Å²) < 4.78 is 14.0. The SMILES string of the molecule is c1cc2[se]c2c2c3c4c(c5c(cc4cc12)c1[se]c1c1[se]c15)[Se]3. The van der Waals surface area contributed by atoms with Gasteiger partial charge >= 0.3 is 150 Å². The molecule has 8 rings (SSSR count). The molecule has 0 saturated heterocycles. The maximum atomic E-state index is 2.55. The molecule has 1 aliphatic rings. The van der Waals surface area contributed by atoms with Crippen molar-refractivity contribution in [1.82, 2.24) is 0 Å². The van der Waals surface area contributed by atoms with Crippen LogP contribution in [-0.4, -0.2) is 58.5 Å². The van der Waals surface area contributed by atoms with Crippen LogP contribution in [0.15, 0.2) is 24.3 Å². The van der Waals surface area contributed by atoms with E-state index >= 15 is 0 Å². The summed E-state index contributed by atoms with van der Waals surface area (Å²) in [6.07, 6.45) is 0. The van der Waals surface area contributed by atoms with Crippen LogP contribution in [0.25, 0.3) is 57.9 Å². The number of rotatable bonds is 0. The summed E-state index contributed by atoms with van der Waals surface area (Å²) in [5, 5.41) is 9.75. The predicted octanol–water partition coefficient (Wildman–Crippen LogP) is 2.06. The van der Waals surface area contributed by atoms with Gasteiger partial charge in [-0.25, -0.2) is 0 Å². The molecule has 100 valence electrons. The Morgan fingerprint density at radius 2 is 1.45 bits per heavy atom. The minimum absolute atomic E-state index is 0.600. The molecule has 0 atom stereocenters. The summed E-state index contributed by atoms with van der Waals surface area (Å²) in [5.74, 6) is 0. The van der Waals surface area contributed by atoms with E-state index in [-0.39, 0.29) is 0 Å². The van der Waals surface area contributed by atoms with E-state index in [0.717, 1.165) is 29.0 Å². The van der Waals surface area contributed by atoms with Gasteiger partial charge in [0.25, 0.3) is 0 Å². The Morgan fingerprint density at radius 1 is 0.591 bits per heavy atom. The van der Waals surface area contributed by atoms with Crippen molar-refractivity contribution in [3.63, 3.8) is 0 Å². The van der Waals surface area contributed by atoms with E-state index in [1.807, 2.05) is 4.26 Å². The Kier molecular flexibility index (Phi) is 1.68. The summed E-state index contributed by atoms with van der Waals surface area (Å²) in [7, 11) is 0. The quantitative estimate of drug-likeness (QED) is 0.206. The molecule has 4 heteroatoms. The van der Waals surface area contributed by atoms with Gasteiger partial charge in [0.15, 0.2) is 0 Å². The molecule has 0 radical (unpaired) electrons. The Balaban J connectivity index is 1.74. The summed E-state index contributed by atoms with van der Waals surface area (Å²) in [6.45, 7) is 0. The molecule has 0 amide bonds. The molecule has 4 aromatic carbocycles. The molecule has 0 spiro atoms. The predicted molar refractivity (Wildman–Crippen MR) is 101 cm³/mol. The van der Waals surface area contributed by atoms with Crippen molar-refractivity contribution in [2.45, 2.75) is 0 Å². The van der Waals surface area contributed by atoms with Crippen molar-refractivity contribution in [2.75, 3.05) is 0 Å². The van der Waals surface area contributed by atoms with E-state index in [2.05, 4.69) is 24.3 Å². The first-order valence-corrected chi connectivity index (χ1v) is 14.1. The van der Waals surface area contributed by atoms with Crippen LogP contribution >= 0.6 is 0 Å². The summed E-state index contributed by atoms with van der Waals surface area (Å²) in [6, 6.07) is 9.78. The second kappa shape index (κ2) is 3.27. The minimum atomic E-state index is 0.600. The zero-order valence-corrected chi connectivity index (χ0v) is 17.8. The molecular formula is C18H4Se4.